The first-order valence-corrected chi connectivity index (χ1v) is 4.81. The smallest absolute Gasteiger partial charge is 0.316 e. The molecule has 0 aliphatic heterocycles. The molecule has 0 radical (unpaired) electrons. The molecule has 10 heteroatoms. The molecule has 1 rings (SSSR count). The average Bonchev–Trinajstić information content (AvgIpc) is 2.26. The van der Waals surface area contributed by atoms with Gasteiger partial charge in [0.2, 0.25) is 0 Å². The summed E-state index contributed by atoms with van der Waals surface area (Å²) in [6.07, 6.45) is -4.85. The van der Waals surface area contributed by atoms with Gasteiger partial charge in [0, 0.05) is 11.6 Å². The summed E-state index contributed by atoms with van der Waals surface area (Å²) in [5, 5.41) is 21.3. The van der Waals surface area contributed by atoms with Gasteiger partial charge >= 0.3 is 6.18 Å². The summed E-state index contributed by atoms with van der Waals surface area (Å²) in [5.74, 6) is 0. The lowest BCUT2D eigenvalue weighted by Gasteiger charge is -2.17. The first kappa shape index (κ1) is 14.8. The van der Waals surface area contributed by atoms with Gasteiger partial charge in [-0.3, -0.25) is 20.2 Å². The number of nitrogens with two attached hydrogens (primary N) is 1. The predicted octanol–water partition coefficient (Wildman–Crippen LogP) is 2.37. The molecular weight excluding hydrogens is 271 g/mol. The van der Waals surface area contributed by atoms with E-state index >= 15 is 0 Å². The molecule has 104 valence electrons. The molecule has 0 bridgehead atoms. The molecule has 19 heavy (non-hydrogen) atoms. The van der Waals surface area contributed by atoms with Crippen molar-refractivity contribution in [3.63, 3.8) is 0 Å². The van der Waals surface area contributed by atoms with Gasteiger partial charge in [0.1, 0.15) is 6.04 Å². The van der Waals surface area contributed by atoms with Crippen molar-refractivity contribution >= 4 is 11.4 Å². The van der Waals surface area contributed by atoms with E-state index in [1.165, 1.54) is 0 Å². The molecule has 0 saturated heterocycles. The first-order valence-electron chi connectivity index (χ1n) is 4.81. The van der Waals surface area contributed by atoms with Crippen molar-refractivity contribution in [3.8, 4) is 0 Å². The largest absolute Gasteiger partial charge is 0.407 e. The van der Waals surface area contributed by atoms with E-state index in [0.29, 0.717) is 12.1 Å². The van der Waals surface area contributed by atoms with Crippen LogP contribution in [-0.4, -0.2) is 16.0 Å². The fourth-order valence-electron chi connectivity index (χ4n) is 1.50. The van der Waals surface area contributed by atoms with E-state index in [1.807, 2.05) is 0 Å². The average molecular weight is 279 g/mol. The van der Waals surface area contributed by atoms with E-state index in [-0.39, 0.29) is 5.56 Å². The molecule has 1 atom stereocenters. The zero-order chi connectivity index (χ0) is 15.0. The minimum Gasteiger partial charge on any atom is -0.316 e. The Morgan fingerprint density at radius 2 is 1.74 bits per heavy atom. The normalized spacial score (nSPS) is 13.1. The molecule has 0 aromatic heterocycles. The maximum atomic E-state index is 12.5. The quantitative estimate of drug-likeness (QED) is 0.674. The molecule has 0 saturated carbocycles. The van der Waals surface area contributed by atoms with Crippen molar-refractivity contribution in [1.29, 1.82) is 0 Å². The Bertz CT molecular complexity index is 544. The maximum Gasteiger partial charge on any atom is 0.407 e. The van der Waals surface area contributed by atoms with Crippen LogP contribution in [0.4, 0.5) is 24.5 Å². The van der Waals surface area contributed by atoms with Crippen LogP contribution in [0.5, 0.6) is 0 Å². The zero-order valence-electron chi connectivity index (χ0n) is 9.47. The monoisotopic (exact) mass is 279 g/mol. The van der Waals surface area contributed by atoms with Crippen molar-refractivity contribution in [1.82, 2.24) is 0 Å². The van der Waals surface area contributed by atoms with Crippen molar-refractivity contribution in [2.45, 2.75) is 19.1 Å². The van der Waals surface area contributed by atoms with Crippen molar-refractivity contribution in [2.75, 3.05) is 0 Å². The van der Waals surface area contributed by atoms with Gasteiger partial charge in [0.05, 0.1) is 15.9 Å². The van der Waals surface area contributed by atoms with E-state index in [2.05, 4.69) is 0 Å². The Labute approximate surface area is 104 Å². The molecule has 0 aliphatic rings. The Morgan fingerprint density at radius 3 is 2.11 bits per heavy atom. The van der Waals surface area contributed by atoms with Crippen LogP contribution in [0.3, 0.4) is 0 Å². The van der Waals surface area contributed by atoms with Crippen LogP contribution in [0.1, 0.15) is 17.2 Å². The van der Waals surface area contributed by atoms with Gasteiger partial charge in [-0.2, -0.15) is 13.2 Å². The van der Waals surface area contributed by atoms with Crippen molar-refractivity contribution in [3.05, 3.63) is 43.5 Å². The molecule has 1 unspecified atom stereocenters. The van der Waals surface area contributed by atoms with E-state index < -0.39 is 39.0 Å². The minimum absolute atomic E-state index is 0.347. The van der Waals surface area contributed by atoms with E-state index in [9.17, 15) is 33.4 Å². The van der Waals surface area contributed by atoms with Gasteiger partial charge in [-0.1, -0.05) is 0 Å². The summed E-state index contributed by atoms with van der Waals surface area (Å²) in [7, 11) is 0. The molecule has 2 N–H and O–H groups in total. The Morgan fingerprint density at radius 1 is 1.21 bits per heavy atom. The Hall–Kier alpha value is -2.23. The number of benzene rings is 1. The maximum absolute atomic E-state index is 12.5. The van der Waals surface area contributed by atoms with Crippen molar-refractivity contribution in [2.24, 2.45) is 5.73 Å². The second kappa shape index (κ2) is 4.80. The standard InChI is InChI=1S/C9H8F3N3O4/c1-4-6(8(13)9(10,11)12)2-5(14(16)17)3-7(4)15(18)19/h2-3,8H,13H2,1H3. The highest BCUT2D eigenvalue weighted by Crippen LogP contribution is 2.37. The summed E-state index contributed by atoms with van der Waals surface area (Å²) >= 11 is 0. The molecule has 0 fully saturated rings. The van der Waals surface area contributed by atoms with E-state index in [1.54, 1.807) is 0 Å². The molecule has 0 amide bonds. The summed E-state index contributed by atoms with van der Waals surface area (Å²) in [6, 6.07) is -1.33. The molecule has 1 aromatic carbocycles. The number of hydrogen-bond donors (Lipinski definition) is 1. The Kier molecular flexibility index (Phi) is 3.75. The van der Waals surface area contributed by atoms with Crippen LogP contribution in [0, 0.1) is 27.2 Å². The van der Waals surface area contributed by atoms with Gasteiger partial charge in [-0.05, 0) is 12.5 Å². The lowest BCUT2D eigenvalue weighted by molar-refractivity contribution is -0.394. The number of nitro groups is 2. The van der Waals surface area contributed by atoms with Gasteiger partial charge in [-0.15, -0.1) is 0 Å². The van der Waals surface area contributed by atoms with Gasteiger partial charge < -0.3 is 5.73 Å². The zero-order valence-corrected chi connectivity index (χ0v) is 9.47. The number of halogens is 3. The number of alkyl halides is 3. The fraction of sp³-hybridized carbons (Fsp3) is 0.333. The van der Waals surface area contributed by atoms with Gasteiger partial charge in [0.15, 0.2) is 0 Å². The summed E-state index contributed by atoms with van der Waals surface area (Å²) < 4.78 is 37.5. The lowest BCUT2D eigenvalue weighted by Crippen LogP contribution is -2.29. The third-order valence-corrected chi connectivity index (χ3v) is 2.50. The van der Waals surface area contributed by atoms with Crippen LogP contribution < -0.4 is 5.73 Å². The highest BCUT2D eigenvalue weighted by Gasteiger charge is 2.40. The highest BCUT2D eigenvalue weighted by molar-refractivity contribution is 5.54. The summed E-state index contributed by atoms with van der Waals surface area (Å²) in [4.78, 5) is 19.2. The lowest BCUT2D eigenvalue weighted by atomic mass is 9.99. The second-order valence-electron chi connectivity index (χ2n) is 3.71. The van der Waals surface area contributed by atoms with Gasteiger partial charge in [-0.25, -0.2) is 0 Å². The molecular formula is C9H8F3N3O4. The number of nitrogens with zero attached hydrogens (tertiary/aromatic N) is 2. The number of non-ortho nitro benzene ring substituents is 1. The third kappa shape index (κ3) is 2.96. The van der Waals surface area contributed by atoms with E-state index in [0.717, 1.165) is 6.92 Å². The SMILES string of the molecule is Cc1c(C(N)C(F)(F)F)cc([N+](=O)[O-])cc1[N+](=O)[O-]. The molecule has 0 spiro atoms. The van der Waals surface area contributed by atoms with Crippen LogP contribution >= 0.6 is 0 Å². The van der Waals surface area contributed by atoms with Gasteiger partial charge in [0.25, 0.3) is 11.4 Å². The molecule has 7 nitrogen and oxygen atoms in total. The minimum atomic E-state index is -4.85. The number of nitro benzene ring substituents is 2. The van der Waals surface area contributed by atoms with Crippen LogP contribution in [-0.2, 0) is 0 Å². The molecule has 0 heterocycles. The topological polar surface area (TPSA) is 112 Å². The third-order valence-electron chi connectivity index (χ3n) is 2.50. The van der Waals surface area contributed by atoms with Crippen LogP contribution in [0.2, 0.25) is 0 Å². The predicted molar refractivity (Wildman–Crippen MR) is 57.5 cm³/mol. The molecule has 0 aliphatic carbocycles. The molecule has 1 aromatic rings. The summed E-state index contributed by atoms with van der Waals surface area (Å²) in [5.41, 5.74) is 2.32. The Balaban J connectivity index is 3.55. The van der Waals surface area contributed by atoms with Crippen LogP contribution in [0.25, 0.3) is 0 Å². The summed E-state index contributed by atoms with van der Waals surface area (Å²) in [6.45, 7) is 1.06. The highest BCUT2D eigenvalue weighted by atomic mass is 19.4. The van der Waals surface area contributed by atoms with Crippen molar-refractivity contribution < 1.29 is 23.0 Å². The fourth-order valence-corrected chi connectivity index (χ4v) is 1.50. The van der Waals surface area contributed by atoms with E-state index in [4.69, 9.17) is 5.73 Å². The van der Waals surface area contributed by atoms with Crippen LogP contribution in [0.15, 0.2) is 12.1 Å². The number of hydrogen-bond acceptors (Lipinski definition) is 5. The second-order valence-corrected chi connectivity index (χ2v) is 3.71. The number of rotatable bonds is 3. The first-order chi connectivity index (χ1) is 8.55.